The molecule has 0 aliphatic heterocycles. The van der Waals surface area contributed by atoms with Crippen molar-refractivity contribution in [1.82, 2.24) is 10.2 Å². The molecule has 20 heavy (non-hydrogen) atoms. The van der Waals surface area contributed by atoms with Crippen LogP contribution in [-0.2, 0) is 4.79 Å². The Morgan fingerprint density at radius 1 is 1.25 bits per heavy atom. The molecular weight excluding hydrogens is 252 g/mol. The summed E-state index contributed by atoms with van der Waals surface area (Å²) in [7, 11) is 1.77. The lowest BCUT2D eigenvalue weighted by atomic mass is 9.90. The van der Waals surface area contributed by atoms with Crippen molar-refractivity contribution >= 4 is 5.97 Å². The van der Waals surface area contributed by atoms with Crippen molar-refractivity contribution in [2.75, 3.05) is 26.7 Å². The molecule has 0 radical (unpaired) electrons. The van der Waals surface area contributed by atoms with E-state index in [1.54, 1.807) is 7.05 Å². The molecule has 4 nitrogen and oxygen atoms in total. The van der Waals surface area contributed by atoms with Crippen molar-refractivity contribution in [1.29, 1.82) is 0 Å². The van der Waals surface area contributed by atoms with Gasteiger partial charge in [0.1, 0.15) is 5.54 Å². The number of carbonyl (C=O) groups is 1. The van der Waals surface area contributed by atoms with Gasteiger partial charge in [-0.25, -0.2) is 0 Å². The standard InChI is InChI=1S/C16H30N2O2/c1-3-16(17-2,15(19)20)9-4-10-18(11-13-5-6-13)12-14-7-8-14/h13-14,17H,3-12H2,1-2H3,(H,19,20). The number of nitrogens with zero attached hydrogens (tertiary/aromatic N) is 1. The zero-order valence-electron chi connectivity index (χ0n) is 13.0. The van der Waals surface area contributed by atoms with Gasteiger partial charge in [0, 0.05) is 13.1 Å². The molecule has 2 aliphatic carbocycles. The Bertz CT molecular complexity index is 306. The van der Waals surface area contributed by atoms with E-state index in [0.717, 1.165) is 31.2 Å². The van der Waals surface area contributed by atoms with Crippen LogP contribution in [0.25, 0.3) is 0 Å². The van der Waals surface area contributed by atoms with Crippen LogP contribution in [0.15, 0.2) is 0 Å². The van der Waals surface area contributed by atoms with E-state index < -0.39 is 11.5 Å². The molecule has 2 fully saturated rings. The first kappa shape index (κ1) is 15.8. The Balaban J connectivity index is 1.76. The number of hydrogen-bond acceptors (Lipinski definition) is 3. The first-order valence-electron chi connectivity index (χ1n) is 8.24. The second-order valence-electron chi connectivity index (χ2n) is 6.74. The molecule has 2 N–H and O–H groups in total. The maximum atomic E-state index is 11.5. The van der Waals surface area contributed by atoms with E-state index in [1.165, 1.54) is 38.8 Å². The summed E-state index contributed by atoms with van der Waals surface area (Å²) in [5.41, 5.74) is -0.731. The molecule has 116 valence electrons. The van der Waals surface area contributed by atoms with Gasteiger partial charge in [-0.2, -0.15) is 0 Å². The Morgan fingerprint density at radius 2 is 1.80 bits per heavy atom. The molecule has 2 aliphatic rings. The highest BCUT2D eigenvalue weighted by atomic mass is 16.4. The van der Waals surface area contributed by atoms with Gasteiger partial charge in [0.05, 0.1) is 0 Å². The third-order valence-corrected chi connectivity index (χ3v) is 5.00. The molecule has 0 spiro atoms. The SMILES string of the molecule is CCC(CCCN(CC1CC1)CC1CC1)(NC)C(=O)O. The smallest absolute Gasteiger partial charge is 0.323 e. The first-order valence-corrected chi connectivity index (χ1v) is 8.24. The largest absolute Gasteiger partial charge is 0.480 e. The number of hydrogen-bond donors (Lipinski definition) is 2. The highest BCUT2D eigenvalue weighted by Crippen LogP contribution is 2.34. The average Bonchev–Trinajstić information content (AvgIpc) is 3.30. The summed E-state index contributed by atoms with van der Waals surface area (Å²) in [5.74, 6) is 1.14. The van der Waals surface area contributed by atoms with Gasteiger partial charge >= 0.3 is 5.97 Å². The highest BCUT2D eigenvalue weighted by Gasteiger charge is 2.35. The second kappa shape index (κ2) is 6.90. The number of carboxylic acid groups (broad SMARTS) is 1. The fraction of sp³-hybridized carbons (Fsp3) is 0.938. The quantitative estimate of drug-likeness (QED) is 0.611. The van der Waals surface area contributed by atoms with Crippen LogP contribution in [-0.4, -0.2) is 48.2 Å². The van der Waals surface area contributed by atoms with Crippen LogP contribution in [0.3, 0.4) is 0 Å². The second-order valence-corrected chi connectivity index (χ2v) is 6.74. The van der Waals surface area contributed by atoms with Gasteiger partial charge in [-0.3, -0.25) is 4.79 Å². The van der Waals surface area contributed by atoms with E-state index in [2.05, 4.69) is 10.2 Å². The van der Waals surface area contributed by atoms with Crippen molar-refractivity contribution in [2.45, 2.75) is 57.4 Å². The lowest BCUT2D eigenvalue weighted by molar-refractivity contribution is -0.145. The molecule has 0 amide bonds. The Morgan fingerprint density at radius 3 is 2.15 bits per heavy atom. The van der Waals surface area contributed by atoms with Crippen molar-refractivity contribution in [3.8, 4) is 0 Å². The molecule has 1 atom stereocenters. The summed E-state index contributed by atoms with van der Waals surface area (Å²) in [4.78, 5) is 14.0. The van der Waals surface area contributed by atoms with E-state index in [4.69, 9.17) is 0 Å². The van der Waals surface area contributed by atoms with Gasteiger partial charge < -0.3 is 15.3 Å². The maximum absolute atomic E-state index is 11.5. The summed E-state index contributed by atoms with van der Waals surface area (Å²) >= 11 is 0. The summed E-state index contributed by atoms with van der Waals surface area (Å²) in [6.07, 6.45) is 7.92. The van der Waals surface area contributed by atoms with E-state index in [9.17, 15) is 9.90 Å². The molecule has 0 aromatic heterocycles. The van der Waals surface area contributed by atoms with Crippen LogP contribution in [0.5, 0.6) is 0 Å². The fourth-order valence-electron chi connectivity index (χ4n) is 3.04. The summed E-state index contributed by atoms with van der Waals surface area (Å²) in [6.45, 7) is 5.49. The van der Waals surface area contributed by atoms with Crippen molar-refractivity contribution < 1.29 is 9.90 Å². The van der Waals surface area contributed by atoms with Crippen LogP contribution in [0.2, 0.25) is 0 Å². The van der Waals surface area contributed by atoms with Gasteiger partial charge in [0.2, 0.25) is 0 Å². The minimum Gasteiger partial charge on any atom is -0.480 e. The molecule has 0 heterocycles. The zero-order chi connectivity index (χ0) is 14.6. The number of likely N-dealkylation sites (N-methyl/N-ethyl adjacent to an activating group) is 1. The topological polar surface area (TPSA) is 52.6 Å². The molecule has 0 bridgehead atoms. The average molecular weight is 282 g/mol. The van der Waals surface area contributed by atoms with Gasteiger partial charge in [-0.05, 0) is 70.4 Å². The minimum atomic E-state index is -0.731. The molecular formula is C16H30N2O2. The molecule has 2 rings (SSSR count). The predicted molar refractivity (Wildman–Crippen MR) is 80.8 cm³/mol. The minimum absolute atomic E-state index is 0.643. The summed E-state index contributed by atoms with van der Waals surface area (Å²) in [6, 6.07) is 0. The molecule has 2 saturated carbocycles. The zero-order valence-corrected chi connectivity index (χ0v) is 13.0. The lowest BCUT2D eigenvalue weighted by Gasteiger charge is -2.29. The summed E-state index contributed by atoms with van der Waals surface area (Å²) < 4.78 is 0. The number of rotatable bonds is 11. The van der Waals surface area contributed by atoms with Crippen LogP contribution in [0.4, 0.5) is 0 Å². The molecule has 1 unspecified atom stereocenters. The monoisotopic (exact) mass is 282 g/mol. The maximum Gasteiger partial charge on any atom is 0.323 e. The van der Waals surface area contributed by atoms with Crippen LogP contribution < -0.4 is 5.32 Å². The van der Waals surface area contributed by atoms with Gasteiger partial charge in [0.25, 0.3) is 0 Å². The van der Waals surface area contributed by atoms with E-state index in [1.807, 2.05) is 6.92 Å². The van der Waals surface area contributed by atoms with Crippen molar-refractivity contribution in [3.05, 3.63) is 0 Å². The number of aliphatic carboxylic acids is 1. The lowest BCUT2D eigenvalue weighted by Crippen LogP contribution is -2.50. The van der Waals surface area contributed by atoms with E-state index in [-0.39, 0.29) is 0 Å². The number of carboxylic acids is 1. The third-order valence-electron chi connectivity index (χ3n) is 5.00. The Kier molecular flexibility index (Phi) is 5.44. The molecule has 0 aromatic rings. The Hall–Kier alpha value is -0.610. The normalized spacial score (nSPS) is 21.9. The third kappa shape index (κ3) is 4.45. The predicted octanol–water partition coefficient (Wildman–Crippen LogP) is 2.34. The Labute approximate surface area is 122 Å². The van der Waals surface area contributed by atoms with Gasteiger partial charge in [0.15, 0.2) is 0 Å². The van der Waals surface area contributed by atoms with Crippen LogP contribution >= 0.6 is 0 Å². The van der Waals surface area contributed by atoms with Gasteiger partial charge in [-0.15, -0.1) is 0 Å². The molecule has 4 heteroatoms. The van der Waals surface area contributed by atoms with Crippen LogP contribution in [0, 0.1) is 11.8 Å². The highest BCUT2D eigenvalue weighted by molar-refractivity contribution is 5.78. The fourth-order valence-corrected chi connectivity index (χ4v) is 3.04. The van der Waals surface area contributed by atoms with E-state index >= 15 is 0 Å². The molecule has 0 aromatic carbocycles. The van der Waals surface area contributed by atoms with Crippen molar-refractivity contribution in [2.24, 2.45) is 11.8 Å². The number of nitrogens with one attached hydrogen (secondary N) is 1. The summed E-state index contributed by atoms with van der Waals surface area (Å²) in [5, 5.41) is 12.5. The van der Waals surface area contributed by atoms with Crippen LogP contribution in [0.1, 0.15) is 51.9 Å². The van der Waals surface area contributed by atoms with E-state index in [0.29, 0.717) is 6.42 Å². The first-order chi connectivity index (χ1) is 9.59. The van der Waals surface area contributed by atoms with Crippen molar-refractivity contribution in [3.63, 3.8) is 0 Å². The molecule has 0 saturated heterocycles. The van der Waals surface area contributed by atoms with Gasteiger partial charge in [-0.1, -0.05) is 6.92 Å².